The van der Waals surface area contributed by atoms with Crippen LogP contribution in [0.1, 0.15) is 56.0 Å². The molecule has 0 bridgehead atoms. The summed E-state index contributed by atoms with van der Waals surface area (Å²) in [7, 11) is 1.42. The first-order valence-electron chi connectivity index (χ1n) is 11.6. The molecule has 2 atom stereocenters. The maximum absolute atomic E-state index is 13.6. The smallest absolute Gasteiger partial charge is 0.312 e. The Morgan fingerprint density at radius 3 is 2.47 bits per heavy atom. The van der Waals surface area contributed by atoms with E-state index in [0.29, 0.717) is 18.5 Å². The average molecular weight is 468 g/mol. The molecule has 1 saturated heterocycles. The van der Waals surface area contributed by atoms with Gasteiger partial charge in [-0.2, -0.15) is 0 Å². The molecule has 0 spiro atoms. The maximum Gasteiger partial charge on any atom is 0.312 e. The van der Waals surface area contributed by atoms with Crippen LogP contribution in [0.3, 0.4) is 0 Å². The third-order valence-corrected chi connectivity index (χ3v) is 5.98. The number of esters is 1. The van der Waals surface area contributed by atoms with E-state index in [1.54, 1.807) is 31.7 Å². The molecule has 1 heterocycles. The van der Waals surface area contributed by atoms with Crippen LogP contribution < -0.4 is 4.74 Å². The SMILES string of the molecule is COc1cc(C(=O)C[C@H]2CCCN2C(=O)[C@@H](Cc2ccccc2)OC(=O)C(C)(C)C)ccc1O. The van der Waals surface area contributed by atoms with E-state index in [1.807, 2.05) is 30.3 Å². The fraction of sp³-hybridized carbons (Fsp3) is 0.444. The molecule has 1 aliphatic heterocycles. The summed E-state index contributed by atoms with van der Waals surface area (Å²) in [5.41, 5.74) is 0.563. The number of phenolic OH excluding ortho intramolecular Hbond substituents is 1. The van der Waals surface area contributed by atoms with Crippen molar-refractivity contribution < 1.29 is 29.0 Å². The molecule has 3 rings (SSSR count). The zero-order valence-electron chi connectivity index (χ0n) is 20.2. The number of rotatable bonds is 8. The first kappa shape index (κ1) is 25.3. The Balaban J connectivity index is 1.77. The van der Waals surface area contributed by atoms with Crippen molar-refractivity contribution in [2.24, 2.45) is 5.41 Å². The first-order valence-corrected chi connectivity index (χ1v) is 11.6. The van der Waals surface area contributed by atoms with Crippen LogP contribution in [0, 0.1) is 5.41 Å². The van der Waals surface area contributed by atoms with Crippen molar-refractivity contribution in [2.75, 3.05) is 13.7 Å². The number of ketones is 1. The van der Waals surface area contributed by atoms with Gasteiger partial charge in [0.1, 0.15) is 0 Å². The summed E-state index contributed by atoms with van der Waals surface area (Å²) in [5, 5.41) is 9.80. The van der Waals surface area contributed by atoms with Crippen LogP contribution in [0.15, 0.2) is 48.5 Å². The minimum atomic E-state index is -0.960. The Morgan fingerprint density at radius 1 is 1.12 bits per heavy atom. The molecule has 2 aromatic rings. The number of likely N-dealkylation sites (tertiary alicyclic amines) is 1. The summed E-state index contributed by atoms with van der Waals surface area (Å²) in [4.78, 5) is 40.8. The second kappa shape index (κ2) is 10.7. The molecule has 1 amide bonds. The van der Waals surface area contributed by atoms with Crippen LogP contribution in [0.4, 0.5) is 0 Å². The molecule has 7 heteroatoms. The third-order valence-electron chi connectivity index (χ3n) is 5.98. The minimum absolute atomic E-state index is 0.0406. The van der Waals surface area contributed by atoms with Gasteiger partial charge >= 0.3 is 5.97 Å². The molecule has 7 nitrogen and oxygen atoms in total. The van der Waals surface area contributed by atoms with Gasteiger partial charge in [0, 0.05) is 31.0 Å². The van der Waals surface area contributed by atoms with Gasteiger partial charge in [-0.05, 0) is 57.4 Å². The normalized spacial score (nSPS) is 16.7. The number of ether oxygens (including phenoxy) is 2. The van der Waals surface area contributed by atoms with Gasteiger partial charge in [-0.15, -0.1) is 0 Å². The lowest BCUT2D eigenvalue weighted by atomic mass is 9.97. The van der Waals surface area contributed by atoms with Gasteiger partial charge in [-0.25, -0.2) is 0 Å². The topological polar surface area (TPSA) is 93.1 Å². The third kappa shape index (κ3) is 6.16. The predicted octanol–water partition coefficient (Wildman–Crippen LogP) is 4.17. The highest BCUT2D eigenvalue weighted by atomic mass is 16.5. The number of benzene rings is 2. The summed E-state index contributed by atoms with van der Waals surface area (Å²) >= 11 is 0. The lowest BCUT2D eigenvalue weighted by molar-refractivity contribution is -0.167. The second-order valence-electron chi connectivity index (χ2n) is 9.68. The van der Waals surface area contributed by atoms with Crippen molar-refractivity contribution >= 4 is 17.7 Å². The van der Waals surface area contributed by atoms with Gasteiger partial charge in [0.05, 0.1) is 12.5 Å². The molecule has 1 fully saturated rings. The van der Waals surface area contributed by atoms with Crippen LogP contribution in [-0.4, -0.2) is 53.5 Å². The summed E-state index contributed by atoms with van der Waals surface area (Å²) in [6.45, 7) is 5.77. The zero-order valence-corrected chi connectivity index (χ0v) is 20.2. The highest BCUT2D eigenvalue weighted by molar-refractivity contribution is 5.97. The van der Waals surface area contributed by atoms with Crippen molar-refractivity contribution in [3.63, 3.8) is 0 Å². The van der Waals surface area contributed by atoms with Gasteiger partial charge < -0.3 is 19.5 Å². The summed E-state index contributed by atoms with van der Waals surface area (Å²) in [6, 6.07) is 13.6. The number of methoxy groups -OCH3 is 1. The fourth-order valence-electron chi connectivity index (χ4n) is 4.02. The minimum Gasteiger partial charge on any atom is -0.504 e. The Bertz CT molecular complexity index is 1030. The average Bonchev–Trinajstić information content (AvgIpc) is 3.26. The molecule has 0 radical (unpaired) electrons. The van der Waals surface area contributed by atoms with Gasteiger partial charge in [-0.1, -0.05) is 30.3 Å². The molecule has 2 aromatic carbocycles. The Labute approximate surface area is 200 Å². The highest BCUT2D eigenvalue weighted by Crippen LogP contribution is 2.29. The van der Waals surface area contributed by atoms with Crippen molar-refractivity contribution in [3.8, 4) is 11.5 Å². The molecule has 34 heavy (non-hydrogen) atoms. The van der Waals surface area contributed by atoms with Crippen molar-refractivity contribution in [1.29, 1.82) is 0 Å². The van der Waals surface area contributed by atoms with E-state index in [2.05, 4.69) is 0 Å². The van der Waals surface area contributed by atoms with Gasteiger partial charge in [0.25, 0.3) is 5.91 Å². The summed E-state index contributed by atoms with van der Waals surface area (Å²) in [5.74, 6) is -0.678. The van der Waals surface area contributed by atoms with Crippen LogP contribution >= 0.6 is 0 Å². The predicted molar refractivity (Wildman–Crippen MR) is 128 cm³/mol. The number of carbonyl (C=O) groups excluding carboxylic acids is 3. The molecule has 0 aromatic heterocycles. The first-order chi connectivity index (χ1) is 16.1. The number of hydrogen-bond donors (Lipinski definition) is 1. The Morgan fingerprint density at radius 2 is 1.82 bits per heavy atom. The lowest BCUT2D eigenvalue weighted by Gasteiger charge is -2.30. The largest absolute Gasteiger partial charge is 0.504 e. The van der Waals surface area contributed by atoms with E-state index in [9.17, 15) is 19.5 Å². The van der Waals surface area contributed by atoms with E-state index >= 15 is 0 Å². The monoisotopic (exact) mass is 467 g/mol. The number of hydrogen-bond acceptors (Lipinski definition) is 6. The summed E-state index contributed by atoms with van der Waals surface area (Å²) < 4.78 is 10.8. The summed E-state index contributed by atoms with van der Waals surface area (Å²) in [6.07, 6.45) is 0.920. The van der Waals surface area contributed by atoms with E-state index in [4.69, 9.17) is 9.47 Å². The van der Waals surface area contributed by atoms with Crippen LogP contribution in [0.5, 0.6) is 11.5 Å². The molecule has 182 valence electrons. The highest BCUT2D eigenvalue weighted by Gasteiger charge is 2.37. The van der Waals surface area contributed by atoms with Gasteiger partial charge in [0.2, 0.25) is 0 Å². The van der Waals surface area contributed by atoms with Crippen LogP contribution in [0.2, 0.25) is 0 Å². The Kier molecular flexibility index (Phi) is 7.97. The quantitative estimate of drug-likeness (QED) is 0.463. The van der Waals surface area contributed by atoms with Crippen LogP contribution in [0.25, 0.3) is 0 Å². The van der Waals surface area contributed by atoms with Crippen molar-refractivity contribution in [2.45, 2.75) is 58.6 Å². The van der Waals surface area contributed by atoms with Crippen LogP contribution in [-0.2, 0) is 20.7 Å². The lowest BCUT2D eigenvalue weighted by Crippen LogP contribution is -2.46. The molecular formula is C27H33NO6. The standard InChI is InChI=1S/C27H33NO6/c1-27(2,3)26(32)34-24(15-18-9-6-5-7-10-18)25(31)28-14-8-11-20(28)17-22(30)19-12-13-21(29)23(16-19)33-4/h5-7,9-10,12-13,16,20,24,29H,8,11,14-15,17H2,1-4H3/t20-,24-/m1/s1. The van der Waals surface area contributed by atoms with Crippen molar-refractivity contribution in [1.82, 2.24) is 4.90 Å². The molecule has 1 N–H and O–H groups in total. The van der Waals surface area contributed by atoms with E-state index < -0.39 is 17.5 Å². The molecule has 1 aliphatic rings. The molecule has 0 unspecified atom stereocenters. The second-order valence-corrected chi connectivity index (χ2v) is 9.68. The zero-order chi connectivity index (χ0) is 24.9. The van der Waals surface area contributed by atoms with E-state index in [0.717, 1.165) is 12.0 Å². The number of phenols is 1. The van der Waals surface area contributed by atoms with Gasteiger partial charge in [0.15, 0.2) is 23.4 Å². The molecular weight excluding hydrogens is 434 g/mol. The number of amides is 1. The number of Topliss-reactive ketones (excluding diaryl/α,β-unsaturated/α-hetero) is 1. The maximum atomic E-state index is 13.6. The van der Waals surface area contributed by atoms with Crippen molar-refractivity contribution in [3.05, 3.63) is 59.7 Å². The van der Waals surface area contributed by atoms with E-state index in [1.165, 1.54) is 19.2 Å². The number of nitrogens with zero attached hydrogens (tertiary/aromatic N) is 1. The molecule has 0 aliphatic carbocycles. The molecule has 0 saturated carbocycles. The Hall–Kier alpha value is -3.35. The number of carbonyl (C=O) groups is 3. The van der Waals surface area contributed by atoms with Gasteiger partial charge in [-0.3, -0.25) is 14.4 Å². The fourth-order valence-corrected chi connectivity index (χ4v) is 4.02. The van der Waals surface area contributed by atoms with E-state index in [-0.39, 0.29) is 42.1 Å². The number of aromatic hydroxyl groups is 1.